The minimum atomic E-state index is -2.23. The van der Waals surface area contributed by atoms with Crippen LogP contribution in [0.3, 0.4) is 0 Å². The van der Waals surface area contributed by atoms with Gasteiger partial charge in [0, 0.05) is 32.2 Å². The Morgan fingerprint density at radius 1 is 1.21 bits per heavy atom. The van der Waals surface area contributed by atoms with Crippen molar-refractivity contribution in [1.29, 1.82) is 0 Å². The van der Waals surface area contributed by atoms with Gasteiger partial charge in [0.2, 0.25) is 0 Å². The molecule has 0 aromatic heterocycles. The molecule has 1 saturated carbocycles. The first-order valence-electron chi connectivity index (χ1n) is 9.62. The minimum absolute atomic E-state index is 0.0973. The van der Waals surface area contributed by atoms with Gasteiger partial charge in [-0.25, -0.2) is 8.78 Å². The number of nitrogens with zero attached hydrogens (tertiary/aromatic N) is 2. The fourth-order valence-corrected chi connectivity index (χ4v) is 3.96. The lowest BCUT2D eigenvalue weighted by Crippen LogP contribution is -2.49. The van der Waals surface area contributed by atoms with Crippen molar-refractivity contribution in [3.8, 4) is 0 Å². The molecule has 1 saturated heterocycles. The summed E-state index contributed by atoms with van der Waals surface area (Å²) >= 11 is 0. The van der Waals surface area contributed by atoms with E-state index in [2.05, 4.69) is 24.5 Å². The second-order valence-corrected chi connectivity index (χ2v) is 7.37. The number of alkyl halides is 2. The Morgan fingerprint density at radius 3 is 2.42 bits per heavy atom. The Hall–Kier alpha value is -0.910. The highest BCUT2D eigenvalue weighted by Crippen LogP contribution is 2.41. The summed E-state index contributed by atoms with van der Waals surface area (Å²) in [5.74, 6) is 0.893. The van der Waals surface area contributed by atoms with Crippen LogP contribution in [0, 0.1) is 5.41 Å². The molecule has 24 heavy (non-hydrogen) atoms. The Kier molecular flexibility index (Phi) is 7.72. The van der Waals surface area contributed by atoms with E-state index in [1.165, 1.54) is 32.1 Å². The lowest BCUT2D eigenvalue weighted by atomic mass is 9.84. The third-order valence-electron chi connectivity index (χ3n) is 5.66. The third-order valence-corrected chi connectivity index (χ3v) is 5.66. The quantitative estimate of drug-likeness (QED) is 0.550. The topological polar surface area (TPSA) is 39.7 Å². The molecule has 2 fully saturated rings. The van der Waals surface area contributed by atoms with Crippen LogP contribution >= 0.6 is 0 Å². The van der Waals surface area contributed by atoms with Crippen LogP contribution in [0.4, 0.5) is 8.78 Å². The highest BCUT2D eigenvalue weighted by Gasteiger charge is 2.32. The highest BCUT2D eigenvalue weighted by atomic mass is 19.3. The summed E-state index contributed by atoms with van der Waals surface area (Å²) in [4.78, 5) is 6.72. The number of aliphatic imine (C=N–C) groups is 1. The molecule has 0 atom stereocenters. The van der Waals surface area contributed by atoms with E-state index in [9.17, 15) is 8.78 Å². The number of hydrogen-bond donors (Lipinski definition) is 2. The van der Waals surface area contributed by atoms with Gasteiger partial charge in [0.25, 0.3) is 6.43 Å². The van der Waals surface area contributed by atoms with Crippen molar-refractivity contribution in [3.05, 3.63) is 0 Å². The maximum Gasteiger partial charge on any atom is 0.251 e. The van der Waals surface area contributed by atoms with Gasteiger partial charge in [-0.15, -0.1) is 0 Å². The Labute approximate surface area is 145 Å². The normalized spacial score (nSPS) is 23.0. The smallest absolute Gasteiger partial charge is 0.251 e. The summed E-state index contributed by atoms with van der Waals surface area (Å²) in [5, 5.41) is 6.86. The van der Waals surface area contributed by atoms with Crippen LogP contribution in [0.5, 0.6) is 0 Å². The molecular weight excluding hydrogens is 310 g/mol. The van der Waals surface area contributed by atoms with E-state index in [0.717, 1.165) is 45.0 Å². The van der Waals surface area contributed by atoms with Gasteiger partial charge < -0.3 is 10.6 Å². The third kappa shape index (κ3) is 5.87. The van der Waals surface area contributed by atoms with Gasteiger partial charge in [-0.1, -0.05) is 19.8 Å². The molecule has 2 N–H and O–H groups in total. The predicted octanol–water partition coefficient (Wildman–Crippen LogP) is 3.24. The number of likely N-dealkylation sites (tertiary alicyclic amines) is 1. The monoisotopic (exact) mass is 344 g/mol. The first-order chi connectivity index (χ1) is 11.6. The molecule has 0 spiro atoms. The Bertz CT molecular complexity index is 386. The van der Waals surface area contributed by atoms with Gasteiger partial charge in [0.1, 0.15) is 0 Å². The maximum atomic E-state index is 12.5. The standard InChI is InChI=1S/C18H34F2N4/c1-3-18(9-5-6-10-18)14-22-17(21-4-2)23-15-7-11-24(12-8-15)13-16(19)20/h15-16H,3-14H2,1-2H3,(H2,21,22,23). The van der Waals surface area contributed by atoms with Crippen LogP contribution in [-0.2, 0) is 0 Å². The molecule has 2 rings (SSSR count). The Morgan fingerprint density at radius 2 is 1.88 bits per heavy atom. The van der Waals surface area contributed by atoms with E-state index in [4.69, 9.17) is 4.99 Å². The average molecular weight is 344 g/mol. The number of guanidine groups is 1. The molecule has 0 amide bonds. The lowest BCUT2D eigenvalue weighted by Gasteiger charge is -2.33. The number of nitrogens with one attached hydrogen (secondary N) is 2. The fraction of sp³-hybridized carbons (Fsp3) is 0.944. The predicted molar refractivity (Wildman–Crippen MR) is 95.8 cm³/mol. The van der Waals surface area contributed by atoms with Crippen molar-refractivity contribution in [2.75, 3.05) is 32.7 Å². The molecule has 6 heteroatoms. The van der Waals surface area contributed by atoms with Gasteiger partial charge in [0.05, 0.1) is 6.54 Å². The van der Waals surface area contributed by atoms with Gasteiger partial charge >= 0.3 is 0 Å². The SMILES string of the molecule is CCNC(=NCC1(CC)CCCC1)NC1CCN(CC(F)F)CC1. The van der Waals surface area contributed by atoms with Gasteiger partial charge in [-0.2, -0.15) is 0 Å². The molecule has 0 aromatic rings. The van der Waals surface area contributed by atoms with E-state index < -0.39 is 6.43 Å². The van der Waals surface area contributed by atoms with E-state index in [1.807, 2.05) is 4.90 Å². The number of piperidine rings is 1. The number of hydrogen-bond acceptors (Lipinski definition) is 2. The Balaban J connectivity index is 1.83. The van der Waals surface area contributed by atoms with Crippen molar-refractivity contribution in [1.82, 2.24) is 15.5 Å². The maximum absolute atomic E-state index is 12.5. The molecular formula is C18H34F2N4. The van der Waals surface area contributed by atoms with Crippen LogP contribution < -0.4 is 10.6 Å². The van der Waals surface area contributed by atoms with Crippen molar-refractivity contribution in [3.63, 3.8) is 0 Å². The summed E-state index contributed by atoms with van der Waals surface area (Å²) in [7, 11) is 0. The van der Waals surface area contributed by atoms with Crippen LogP contribution in [0.2, 0.25) is 0 Å². The van der Waals surface area contributed by atoms with E-state index in [-0.39, 0.29) is 6.54 Å². The molecule has 0 radical (unpaired) electrons. The van der Waals surface area contributed by atoms with Crippen molar-refractivity contribution in [2.45, 2.75) is 71.3 Å². The molecule has 0 bridgehead atoms. The lowest BCUT2D eigenvalue weighted by molar-refractivity contribution is 0.0744. The van der Waals surface area contributed by atoms with E-state index in [0.29, 0.717) is 11.5 Å². The summed E-state index contributed by atoms with van der Waals surface area (Å²) in [6, 6.07) is 0.331. The van der Waals surface area contributed by atoms with Gasteiger partial charge in [-0.3, -0.25) is 9.89 Å². The van der Waals surface area contributed by atoms with Crippen molar-refractivity contribution >= 4 is 5.96 Å². The van der Waals surface area contributed by atoms with Crippen LogP contribution in [-0.4, -0.2) is 56.1 Å². The van der Waals surface area contributed by atoms with E-state index in [1.54, 1.807) is 0 Å². The van der Waals surface area contributed by atoms with Crippen LogP contribution in [0.25, 0.3) is 0 Å². The largest absolute Gasteiger partial charge is 0.357 e. The molecule has 0 unspecified atom stereocenters. The molecule has 1 heterocycles. The summed E-state index contributed by atoms with van der Waals surface area (Å²) in [6.45, 7) is 7.46. The van der Waals surface area contributed by atoms with E-state index >= 15 is 0 Å². The molecule has 0 aromatic carbocycles. The number of halogens is 2. The van der Waals surface area contributed by atoms with Crippen LogP contribution in [0.1, 0.15) is 58.8 Å². The molecule has 140 valence electrons. The first-order valence-corrected chi connectivity index (χ1v) is 9.62. The summed E-state index contributed by atoms with van der Waals surface area (Å²) in [5.41, 5.74) is 0.392. The zero-order valence-corrected chi connectivity index (χ0v) is 15.3. The zero-order valence-electron chi connectivity index (χ0n) is 15.3. The molecule has 1 aliphatic heterocycles. The molecule has 1 aliphatic carbocycles. The molecule has 2 aliphatic rings. The fourth-order valence-electron chi connectivity index (χ4n) is 3.96. The van der Waals surface area contributed by atoms with Crippen molar-refractivity contribution in [2.24, 2.45) is 10.4 Å². The number of rotatable bonds is 7. The molecule has 4 nitrogen and oxygen atoms in total. The highest BCUT2D eigenvalue weighted by molar-refractivity contribution is 5.80. The van der Waals surface area contributed by atoms with Crippen LogP contribution in [0.15, 0.2) is 4.99 Å². The second-order valence-electron chi connectivity index (χ2n) is 7.37. The second kappa shape index (κ2) is 9.54. The first kappa shape index (κ1) is 19.4. The van der Waals surface area contributed by atoms with Gasteiger partial charge in [-0.05, 0) is 44.4 Å². The summed E-state index contributed by atoms with van der Waals surface area (Å²) < 4.78 is 24.9. The summed E-state index contributed by atoms with van der Waals surface area (Å²) in [6.07, 6.45) is 6.00. The average Bonchev–Trinajstić information content (AvgIpc) is 3.04. The van der Waals surface area contributed by atoms with Gasteiger partial charge in [0.15, 0.2) is 5.96 Å². The minimum Gasteiger partial charge on any atom is -0.357 e. The zero-order chi connectivity index (χ0) is 17.4. The van der Waals surface area contributed by atoms with Crippen molar-refractivity contribution < 1.29 is 8.78 Å².